The molecule has 4 nitrogen and oxygen atoms in total. The lowest BCUT2D eigenvalue weighted by atomic mass is 10.1. The first-order chi connectivity index (χ1) is 12.0. The first kappa shape index (κ1) is 18.9. The van der Waals surface area contributed by atoms with Crippen LogP contribution in [0.2, 0.25) is 0 Å². The Morgan fingerprint density at radius 1 is 1.12 bits per heavy atom. The normalized spacial score (nSPS) is 11.9. The number of halogens is 1. The summed E-state index contributed by atoms with van der Waals surface area (Å²) in [4.78, 5) is 23.8. The average molecular weight is 402 g/mol. The van der Waals surface area contributed by atoms with Crippen molar-refractivity contribution in [3.8, 4) is 0 Å². The van der Waals surface area contributed by atoms with Crippen LogP contribution in [0.5, 0.6) is 0 Å². The van der Waals surface area contributed by atoms with Crippen molar-refractivity contribution in [1.29, 1.82) is 0 Å². The maximum atomic E-state index is 12.0. The van der Waals surface area contributed by atoms with Crippen molar-refractivity contribution in [3.63, 3.8) is 0 Å². The lowest BCUT2D eigenvalue weighted by Gasteiger charge is -2.12. The van der Waals surface area contributed by atoms with E-state index >= 15 is 0 Å². The minimum Gasteiger partial charge on any atom is -0.449 e. The SMILES string of the molecule is C[C@@H](OC(=O)/C=C/c1ccc(Br)cc1)C(=O)NCCc1ccccc1. The van der Waals surface area contributed by atoms with E-state index in [9.17, 15) is 9.59 Å². The van der Waals surface area contributed by atoms with E-state index in [1.807, 2.05) is 54.6 Å². The monoisotopic (exact) mass is 401 g/mol. The largest absolute Gasteiger partial charge is 0.449 e. The van der Waals surface area contributed by atoms with Crippen LogP contribution in [0.1, 0.15) is 18.1 Å². The minimum atomic E-state index is -0.835. The molecular weight excluding hydrogens is 382 g/mol. The zero-order chi connectivity index (χ0) is 18.1. The number of amides is 1. The molecule has 5 heteroatoms. The molecule has 0 saturated heterocycles. The molecular formula is C20H20BrNO3. The molecule has 0 spiro atoms. The number of ether oxygens (including phenoxy) is 1. The second-order valence-corrected chi connectivity index (χ2v) is 6.41. The highest BCUT2D eigenvalue weighted by Crippen LogP contribution is 2.11. The molecule has 0 aliphatic carbocycles. The van der Waals surface area contributed by atoms with E-state index < -0.39 is 12.1 Å². The van der Waals surface area contributed by atoms with Gasteiger partial charge < -0.3 is 10.1 Å². The third-order valence-electron chi connectivity index (χ3n) is 3.50. The summed E-state index contributed by atoms with van der Waals surface area (Å²) in [5.74, 6) is -0.852. The third kappa shape index (κ3) is 6.93. The number of rotatable bonds is 7. The van der Waals surface area contributed by atoms with Crippen LogP contribution in [0.3, 0.4) is 0 Å². The Bertz CT molecular complexity index is 726. The molecule has 0 aliphatic heterocycles. The predicted molar refractivity (Wildman–Crippen MR) is 102 cm³/mol. The van der Waals surface area contributed by atoms with E-state index in [1.54, 1.807) is 13.0 Å². The molecule has 1 atom stereocenters. The van der Waals surface area contributed by atoms with Gasteiger partial charge in [0.2, 0.25) is 0 Å². The van der Waals surface area contributed by atoms with Crippen LogP contribution < -0.4 is 5.32 Å². The molecule has 0 radical (unpaired) electrons. The molecule has 2 aromatic carbocycles. The molecule has 25 heavy (non-hydrogen) atoms. The summed E-state index contributed by atoms with van der Waals surface area (Å²) in [5.41, 5.74) is 2.02. The molecule has 0 heterocycles. The minimum absolute atomic E-state index is 0.304. The van der Waals surface area contributed by atoms with Gasteiger partial charge in [-0.25, -0.2) is 4.79 Å². The van der Waals surface area contributed by atoms with Crippen LogP contribution >= 0.6 is 15.9 Å². The van der Waals surface area contributed by atoms with Gasteiger partial charge in [0.25, 0.3) is 5.91 Å². The van der Waals surface area contributed by atoms with Crippen LogP contribution in [0.15, 0.2) is 65.1 Å². The molecule has 2 rings (SSSR count). The number of benzene rings is 2. The zero-order valence-corrected chi connectivity index (χ0v) is 15.5. The second kappa shape index (κ2) is 9.79. The van der Waals surface area contributed by atoms with E-state index in [4.69, 9.17) is 4.74 Å². The highest BCUT2D eigenvalue weighted by atomic mass is 79.9. The van der Waals surface area contributed by atoms with Crippen molar-refractivity contribution >= 4 is 33.9 Å². The summed E-state index contributed by atoms with van der Waals surface area (Å²) in [6, 6.07) is 17.4. The molecule has 0 aromatic heterocycles. The molecule has 2 aromatic rings. The number of carbonyl (C=O) groups is 2. The molecule has 0 bridgehead atoms. The van der Waals surface area contributed by atoms with Gasteiger partial charge in [-0.3, -0.25) is 4.79 Å². The fourth-order valence-electron chi connectivity index (χ4n) is 2.12. The molecule has 0 unspecified atom stereocenters. The van der Waals surface area contributed by atoms with Crippen LogP contribution in [-0.2, 0) is 20.7 Å². The summed E-state index contributed by atoms with van der Waals surface area (Å²) in [7, 11) is 0. The van der Waals surface area contributed by atoms with Gasteiger partial charge in [-0.2, -0.15) is 0 Å². The molecule has 0 fully saturated rings. The number of hydrogen-bond acceptors (Lipinski definition) is 3. The maximum Gasteiger partial charge on any atom is 0.331 e. The van der Waals surface area contributed by atoms with E-state index in [0.29, 0.717) is 6.54 Å². The van der Waals surface area contributed by atoms with Crippen molar-refractivity contribution < 1.29 is 14.3 Å². The zero-order valence-electron chi connectivity index (χ0n) is 13.9. The van der Waals surface area contributed by atoms with E-state index in [1.165, 1.54) is 6.08 Å². The molecule has 1 N–H and O–H groups in total. The highest BCUT2D eigenvalue weighted by Gasteiger charge is 2.15. The van der Waals surface area contributed by atoms with Crippen molar-refractivity contribution in [1.82, 2.24) is 5.32 Å². The van der Waals surface area contributed by atoms with Gasteiger partial charge in [0.1, 0.15) is 0 Å². The number of esters is 1. The van der Waals surface area contributed by atoms with Crippen LogP contribution in [-0.4, -0.2) is 24.5 Å². The standard InChI is InChI=1S/C20H20BrNO3/c1-15(20(24)22-14-13-16-5-3-2-4-6-16)25-19(23)12-9-17-7-10-18(21)11-8-17/h2-12,15H,13-14H2,1H3,(H,22,24)/b12-9+/t15-/m1/s1. The summed E-state index contributed by atoms with van der Waals surface area (Å²) in [6.45, 7) is 2.06. The van der Waals surface area contributed by atoms with Gasteiger partial charge >= 0.3 is 5.97 Å². The van der Waals surface area contributed by atoms with Gasteiger partial charge in [-0.15, -0.1) is 0 Å². The van der Waals surface area contributed by atoms with E-state index in [0.717, 1.165) is 22.0 Å². The van der Waals surface area contributed by atoms with Crippen molar-refractivity contribution in [3.05, 3.63) is 76.3 Å². The van der Waals surface area contributed by atoms with E-state index in [-0.39, 0.29) is 5.91 Å². The fourth-order valence-corrected chi connectivity index (χ4v) is 2.39. The molecule has 1 amide bonds. The van der Waals surface area contributed by atoms with Gasteiger partial charge in [-0.05, 0) is 42.7 Å². The van der Waals surface area contributed by atoms with Crippen molar-refractivity contribution in [2.45, 2.75) is 19.4 Å². The lowest BCUT2D eigenvalue weighted by Crippen LogP contribution is -2.36. The Morgan fingerprint density at radius 2 is 1.80 bits per heavy atom. The second-order valence-electron chi connectivity index (χ2n) is 5.49. The van der Waals surface area contributed by atoms with Gasteiger partial charge in [0, 0.05) is 17.1 Å². The number of carbonyl (C=O) groups excluding carboxylic acids is 2. The van der Waals surface area contributed by atoms with Gasteiger partial charge in [-0.1, -0.05) is 58.4 Å². The van der Waals surface area contributed by atoms with Gasteiger partial charge in [0.05, 0.1) is 0 Å². The lowest BCUT2D eigenvalue weighted by molar-refractivity contribution is -0.150. The quantitative estimate of drug-likeness (QED) is 0.567. The average Bonchev–Trinajstić information content (AvgIpc) is 2.62. The number of nitrogens with one attached hydrogen (secondary N) is 1. The fraction of sp³-hybridized carbons (Fsp3) is 0.200. The summed E-state index contributed by atoms with van der Waals surface area (Å²) in [6.07, 6.45) is 2.86. The van der Waals surface area contributed by atoms with E-state index in [2.05, 4.69) is 21.2 Å². The third-order valence-corrected chi connectivity index (χ3v) is 4.03. The Hall–Kier alpha value is -2.40. The predicted octanol–water partition coefficient (Wildman–Crippen LogP) is 3.75. The first-order valence-corrected chi connectivity index (χ1v) is 8.80. The Morgan fingerprint density at radius 3 is 2.48 bits per heavy atom. The topological polar surface area (TPSA) is 55.4 Å². The van der Waals surface area contributed by atoms with Crippen LogP contribution in [0.4, 0.5) is 0 Å². The summed E-state index contributed by atoms with van der Waals surface area (Å²) < 4.78 is 6.08. The Balaban J connectivity index is 1.74. The van der Waals surface area contributed by atoms with Crippen LogP contribution in [0.25, 0.3) is 6.08 Å². The van der Waals surface area contributed by atoms with Crippen molar-refractivity contribution in [2.75, 3.05) is 6.54 Å². The Kier molecular flexibility index (Phi) is 7.41. The maximum absolute atomic E-state index is 12.0. The van der Waals surface area contributed by atoms with Crippen molar-refractivity contribution in [2.24, 2.45) is 0 Å². The van der Waals surface area contributed by atoms with Gasteiger partial charge in [0.15, 0.2) is 6.10 Å². The molecule has 130 valence electrons. The van der Waals surface area contributed by atoms with Crippen LogP contribution in [0, 0.1) is 0 Å². The smallest absolute Gasteiger partial charge is 0.331 e. The first-order valence-electron chi connectivity index (χ1n) is 8.00. The molecule has 0 saturated carbocycles. The number of hydrogen-bond donors (Lipinski definition) is 1. The summed E-state index contributed by atoms with van der Waals surface area (Å²) in [5, 5.41) is 2.77. The summed E-state index contributed by atoms with van der Waals surface area (Å²) >= 11 is 3.35. The Labute approximate surface area is 156 Å². The molecule has 0 aliphatic rings. The highest BCUT2D eigenvalue weighted by molar-refractivity contribution is 9.10.